The summed E-state index contributed by atoms with van der Waals surface area (Å²) in [5.74, 6) is 0. The molecule has 2 atom stereocenters. The van der Waals surface area contributed by atoms with E-state index < -0.39 is 0 Å². The number of benzene rings is 1. The minimum absolute atomic E-state index is 0.413. The Labute approximate surface area is 123 Å². The van der Waals surface area contributed by atoms with Crippen molar-refractivity contribution >= 4 is 0 Å². The second-order valence-electron chi connectivity index (χ2n) is 6.80. The van der Waals surface area contributed by atoms with Gasteiger partial charge >= 0.3 is 0 Å². The van der Waals surface area contributed by atoms with E-state index in [2.05, 4.69) is 54.4 Å². The lowest BCUT2D eigenvalue weighted by Gasteiger charge is -2.49. The first kappa shape index (κ1) is 14.1. The van der Waals surface area contributed by atoms with Crippen LogP contribution in [0.5, 0.6) is 0 Å². The van der Waals surface area contributed by atoms with Gasteiger partial charge in [0.05, 0.1) is 0 Å². The molecule has 1 saturated heterocycles. The molecule has 1 aliphatic carbocycles. The van der Waals surface area contributed by atoms with E-state index in [0.29, 0.717) is 17.6 Å². The van der Waals surface area contributed by atoms with Gasteiger partial charge in [0.2, 0.25) is 0 Å². The standard InChI is InChI=1S/C18H28N2/c1-3-16-14-20(18(2)11-7-8-12-18)17(13-19-16)15-9-5-4-6-10-15/h4-6,9-10,16-17,19H,3,7-8,11-14H2,1-2H3. The lowest BCUT2D eigenvalue weighted by Crippen LogP contribution is -2.59. The van der Waals surface area contributed by atoms with Crippen LogP contribution in [0.4, 0.5) is 0 Å². The van der Waals surface area contributed by atoms with Crippen molar-refractivity contribution < 1.29 is 0 Å². The molecule has 20 heavy (non-hydrogen) atoms. The van der Waals surface area contributed by atoms with Crippen molar-refractivity contribution in [3.05, 3.63) is 35.9 Å². The number of piperazine rings is 1. The zero-order valence-corrected chi connectivity index (χ0v) is 12.9. The van der Waals surface area contributed by atoms with Crippen LogP contribution < -0.4 is 5.32 Å². The first-order valence-electron chi connectivity index (χ1n) is 8.28. The van der Waals surface area contributed by atoms with Crippen LogP contribution in [0, 0.1) is 0 Å². The number of hydrogen-bond donors (Lipinski definition) is 1. The summed E-state index contributed by atoms with van der Waals surface area (Å²) in [6, 6.07) is 12.3. The Hall–Kier alpha value is -0.860. The zero-order valence-electron chi connectivity index (χ0n) is 12.9. The molecular weight excluding hydrogens is 244 g/mol. The summed E-state index contributed by atoms with van der Waals surface area (Å²) in [7, 11) is 0. The molecule has 0 amide bonds. The average molecular weight is 272 g/mol. The molecule has 0 spiro atoms. The third-order valence-electron chi connectivity index (χ3n) is 5.44. The minimum Gasteiger partial charge on any atom is -0.311 e. The first-order valence-corrected chi connectivity index (χ1v) is 8.28. The molecule has 1 heterocycles. The number of nitrogens with zero attached hydrogens (tertiary/aromatic N) is 1. The third kappa shape index (κ3) is 2.64. The van der Waals surface area contributed by atoms with Gasteiger partial charge in [0.25, 0.3) is 0 Å². The summed E-state index contributed by atoms with van der Waals surface area (Å²) in [6.45, 7) is 7.09. The highest BCUT2D eigenvalue weighted by molar-refractivity contribution is 5.21. The molecular formula is C18H28N2. The van der Waals surface area contributed by atoms with Crippen LogP contribution >= 0.6 is 0 Å². The Morgan fingerprint density at radius 1 is 1.20 bits per heavy atom. The van der Waals surface area contributed by atoms with E-state index in [9.17, 15) is 0 Å². The van der Waals surface area contributed by atoms with Crippen molar-refractivity contribution in [2.75, 3.05) is 13.1 Å². The maximum Gasteiger partial charge on any atom is 0.0478 e. The van der Waals surface area contributed by atoms with Crippen LogP contribution in [-0.2, 0) is 0 Å². The van der Waals surface area contributed by atoms with Crippen LogP contribution in [0.1, 0.15) is 57.6 Å². The summed E-state index contributed by atoms with van der Waals surface area (Å²) in [6.07, 6.45) is 6.77. The van der Waals surface area contributed by atoms with Gasteiger partial charge in [-0.3, -0.25) is 4.90 Å². The van der Waals surface area contributed by atoms with E-state index in [1.807, 2.05) is 0 Å². The van der Waals surface area contributed by atoms with Gasteiger partial charge in [-0.05, 0) is 31.7 Å². The molecule has 110 valence electrons. The maximum absolute atomic E-state index is 3.75. The van der Waals surface area contributed by atoms with Gasteiger partial charge < -0.3 is 5.32 Å². The van der Waals surface area contributed by atoms with Crippen molar-refractivity contribution in [3.8, 4) is 0 Å². The topological polar surface area (TPSA) is 15.3 Å². The van der Waals surface area contributed by atoms with Crippen LogP contribution in [0.3, 0.4) is 0 Å². The third-order valence-corrected chi connectivity index (χ3v) is 5.44. The second-order valence-corrected chi connectivity index (χ2v) is 6.80. The Bertz CT molecular complexity index is 422. The van der Waals surface area contributed by atoms with Gasteiger partial charge in [0.1, 0.15) is 0 Å². The van der Waals surface area contributed by atoms with Crippen LogP contribution in [-0.4, -0.2) is 29.6 Å². The van der Waals surface area contributed by atoms with Gasteiger partial charge in [0.15, 0.2) is 0 Å². The van der Waals surface area contributed by atoms with Gasteiger partial charge in [-0.1, -0.05) is 50.1 Å². The van der Waals surface area contributed by atoms with Crippen LogP contribution in [0.15, 0.2) is 30.3 Å². The molecule has 2 aliphatic rings. The Morgan fingerprint density at radius 3 is 2.55 bits per heavy atom. The monoisotopic (exact) mass is 272 g/mol. The highest BCUT2D eigenvalue weighted by Crippen LogP contribution is 2.41. The lowest BCUT2D eigenvalue weighted by molar-refractivity contribution is 0.0215. The van der Waals surface area contributed by atoms with E-state index in [-0.39, 0.29) is 0 Å². The van der Waals surface area contributed by atoms with Crippen LogP contribution in [0.2, 0.25) is 0 Å². The highest BCUT2D eigenvalue weighted by Gasteiger charge is 2.41. The predicted octanol–water partition coefficient (Wildman–Crippen LogP) is 3.74. The Kier molecular flexibility index (Phi) is 4.13. The fraction of sp³-hybridized carbons (Fsp3) is 0.667. The van der Waals surface area contributed by atoms with Crippen molar-refractivity contribution in [2.24, 2.45) is 0 Å². The predicted molar refractivity (Wildman–Crippen MR) is 84.8 cm³/mol. The summed E-state index contributed by atoms with van der Waals surface area (Å²) in [5.41, 5.74) is 1.89. The Balaban J connectivity index is 1.87. The fourth-order valence-electron chi connectivity index (χ4n) is 4.08. The highest BCUT2D eigenvalue weighted by atomic mass is 15.3. The van der Waals surface area contributed by atoms with E-state index in [1.54, 1.807) is 0 Å². The fourth-order valence-corrected chi connectivity index (χ4v) is 4.08. The molecule has 2 heteroatoms. The molecule has 2 fully saturated rings. The molecule has 2 unspecified atom stereocenters. The summed E-state index contributed by atoms with van der Waals surface area (Å²) >= 11 is 0. The van der Waals surface area contributed by atoms with E-state index in [0.717, 1.165) is 6.54 Å². The molecule has 1 aliphatic heterocycles. The number of nitrogens with one attached hydrogen (secondary N) is 1. The molecule has 0 radical (unpaired) electrons. The number of hydrogen-bond acceptors (Lipinski definition) is 2. The van der Waals surface area contributed by atoms with Crippen molar-refractivity contribution in [3.63, 3.8) is 0 Å². The average Bonchev–Trinajstić information content (AvgIpc) is 2.95. The molecule has 1 N–H and O–H groups in total. The zero-order chi connectivity index (χ0) is 14.0. The van der Waals surface area contributed by atoms with Gasteiger partial charge in [-0.15, -0.1) is 0 Å². The van der Waals surface area contributed by atoms with Crippen molar-refractivity contribution in [2.45, 2.75) is 63.6 Å². The molecule has 1 aromatic rings. The van der Waals surface area contributed by atoms with Crippen molar-refractivity contribution in [1.29, 1.82) is 0 Å². The van der Waals surface area contributed by atoms with Gasteiger partial charge in [-0.25, -0.2) is 0 Å². The van der Waals surface area contributed by atoms with E-state index in [1.165, 1.54) is 44.2 Å². The first-order chi connectivity index (χ1) is 9.73. The smallest absolute Gasteiger partial charge is 0.0478 e. The molecule has 0 aromatic heterocycles. The lowest BCUT2D eigenvalue weighted by atomic mass is 9.90. The normalized spacial score (nSPS) is 30.5. The molecule has 1 saturated carbocycles. The summed E-state index contributed by atoms with van der Waals surface area (Å²) in [4.78, 5) is 2.82. The summed E-state index contributed by atoms with van der Waals surface area (Å²) < 4.78 is 0. The van der Waals surface area contributed by atoms with Gasteiger partial charge in [-0.2, -0.15) is 0 Å². The Morgan fingerprint density at radius 2 is 1.90 bits per heavy atom. The molecule has 3 rings (SSSR count). The molecule has 1 aromatic carbocycles. The van der Waals surface area contributed by atoms with Crippen molar-refractivity contribution in [1.82, 2.24) is 10.2 Å². The van der Waals surface area contributed by atoms with E-state index in [4.69, 9.17) is 0 Å². The quantitative estimate of drug-likeness (QED) is 0.901. The minimum atomic E-state index is 0.413. The van der Waals surface area contributed by atoms with Gasteiger partial charge in [0, 0.05) is 30.7 Å². The second kappa shape index (κ2) is 5.87. The van der Waals surface area contributed by atoms with Crippen LogP contribution in [0.25, 0.3) is 0 Å². The molecule has 2 nitrogen and oxygen atoms in total. The van der Waals surface area contributed by atoms with E-state index >= 15 is 0 Å². The SMILES string of the molecule is CCC1CN(C2(C)CCCC2)C(c2ccccc2)CN1. The summed E-state index contributed by atoms with van der Waals surface area (Å²) in [5, 5.41) is 3.75. The maximum atomic E-state index is 3.75. The largest absolute Gasteiger partial charge is 0.311 e. The number of rotatable bonds is 3. The molecule has 0 bridgehead atoms.